The number of rotatable bonds is 5. The maximum Gasteiger partial charge on any atom is 0.357 e. The Morgan fingerprint density at radius 2 is 2.25 bits per heavy atom. The Morgan fingerprint density at radius 3 is 2.92 bits per heavy atom. The van der Waals surface area contributed by atoms with Crippen molar-refractivity contribution >= 4 is 45.0 Å². The summed E-state index contributed by atoms with van der Waals surface area (Å²) in [6, 6.07) is 7.52. The van der Waals surface area contributed by atoms with Gasteiger partial charge in [-0.15, -0.1) is 11.3 Å². The number of carbonyl (C=O) groups is 2. The Bertz CT molecular complexity index is 761. The van der Waals surface area contributed by atoms with Gasteiger partial charge in [-0.25, -0.2) is 14.6 Å². The fourth-order valence-corrected chi connectivity index (χ4v) is 3.40. The normalized spacial score (nSPS) is 13.4. The van der Waals surface area contributed by atoms with Crippen LogP contribution in [-0.4, -0.2) is 35.0 Å². The minimum absolute atomic E-state index is 0.162. The van der Waals surface area contributed by atoms with E-state index in [0.29, 0.717) is 11.6 Å². The molecule has 1 aromatic carbocycles. The van der Waals surface area contributed by atoms with Crippen molar-refractivity contribution in [1.82, 2.24) is 9.88 Å². The quantitative estimate of drug-likeness (QED) is 0.760. The zero-order valence-corrected chi connectivity index (χ0v) is 15.4. The maximum absolute atomic E-state index is 12.6. The van der Waals surface area contributed by atoms with Crippen LogP contribution in [0.2, 0.25) is 0 Å². The number of aromatic nitrogens is 1. The largest absolute Gasteiger partial charge is 0.464 e. The van der Waals surface area contributed by atoms with Gasteiger partial charge < -0.3 is 15.0 Å². The Balaban J connectivity index is 1.69. The van der Waals surface area contributed by atoms with Gasteiger partial charge in [0.2, 0.25) is 0 Å². The lowest BCUT2D eigenvalue weighted by molar-refractivity contribution is 0.0594. The third-order valence-corrected chi connectivity index (χ3v) is 4.90. The van der Waals surface area contributed by atoms with Gasteiger partial charge in [0.15, 0.2) is 5.69 Å². The molecule has 1 fully saturated rings. The lowest BCUT2D eigenvalue weighted by Gasteiger charge is -2.21. The molecular weight excluding hydrogens is 394 g/mol. The molecule has 0 saturated heterocycles. The molecule has 1 aromatic heterocycles. The van der Waals surface area contributed by atoms with E-state index in [9.17, 15) is 9.59 Å². The third-order valence-electron chi connectivity index (χ3n) is 3.58. The average Bonchev–Trinajstić information content (AvgIpc) is 3.29. The third kappa shape index (κ3) is 4.12. The summed E-state index contributed by atoms with van der Waals surface area (Å²) in [6.45, 7) is 0.381. The van der Waals surface area contributed by atoms with Crippen LogP contribution in [-0.2, 0) is 11.3 Å². The molecule has 1 saturated carbocycles. The van der Waals surface area contributed by atoms with Crippen LogP contribution in [0.5, 0.6) is 0 Å². The predicted octanol–water partition coefficient (Wildman–Crippen LogP) is 3.89. The number of ether oxygens (including phenoxy) is 1. The van der Waals surface area contributed by atoms with E-state index in [-0.39, 0.29) is 17.8 Å². The molecule has 2 aromatic rings. The monoisotopic (exact) mass is 409 g/mol. The summed E-state index contributed by atoms with van der Waals surface area (Å²) in [5, 5.41) is 5.27. The minimum Gasteiger partial charge on any atom is -0.464 e. The van der Waals surface area contributed by atoms with E-state index in [0.717, 1.165) is 23.0 Å². The van der Waals surface area contributed by atoms with Crippen LogP contribution in [0.3, 0.4) is 0 Å². The number of nitrogens with zero attached hydrogens (tertiary/aromatic N) is 2. The molecule has 8 heteroatoms. The summed E-state index contributed by atoms with van der Waals surface area (Å²) in [7, 11) is 1.32. The molecule has 1 aliphatic carbocycles. The van der Waals surface area contributed by atoms with Crippen LogP contribution >= 0.6 is 27.3 Å². The van der Waals surface area contributed by atoms with Gasteiger partial charge in [0.1, 0.15) is 5.01 Å². The van der Waals surface area contributed by atoms with Crippen molar-refractivity contribution in [2.45, 2.75) is 25.4 Å². The van der Waals surface area contributed by atoms with Crippen LogP contribution in [0.4, 0.5) is 10.5 Å². The lowest BCUT2D eigenvalue weighted by atomic mass is 10.3. The van der Waals surface area contributed by atoms with Crippen LogP contribution < -0.4 is 5.32 Å². The smallest absolute Gasteiger partial charge is 0.357 e. The summed E-state index contributed by atoms with van der Waals surface area (Å²) in [4.78, 5) is 30.1. The molecule has 1 heterocycles. The summed E-state index contributed by atoms with van der Waals surface area (Å²) in [6.07, 6.45) is 1.97. The second-order valence-corrected chi connectivity index (χ2v) is 7.28. The Morgan fingerprint density at radius 1 is 1.46 bits per heavy atom. The number of methoxy groups -OCH3 is 1. The van der Waals surface area contributed by atoms with Crippen LogP contribution in [0.15, 0.2) is 34.1 Å². The molecule has 0 aliphatic heterocycles. The van der Waals surface area contributed by atoms with Crippen molar-refractivity contribution in [3.8, 4) is 0 Å². The summed E-state index contributed by atoms with van der Waals surface area (Å²) in [5.41, 5.74) is 1.01. The van der Waals surface area contributed by atoms with Gasteiger partial charge in [-0.2, -0.15) is 0 Å². The zero-order valence-electron chi connectivity index (χ0n) is 13.0. The van der Waals surface area contributed by atoms with Crippen molar-refractivity contribution in [2.75, 3.05) is 12.4 Å². The first-order valence-electron chi connectivity index (χ1n) is 7.42. The number of esters is 1. The van der Waals surface area contributed by atoms with E-state index < -0.39 is 5.97 Å². The maximum atomic E-state index is 12.6. The molecule has 126 valence electrons. The molecule has 0 bridgehead atoms. The Labute approximate surface area is 152 Å². The highest BCUT2D eigenvalue weighted by Crippen LogP contribution is 2.30. The number of thiazole rings is 1. The number of halogens is 1. The predicted molar refractivity (Wildman–Crippen MR) is 95.2 cm³/mol. The first kappa shape index (κ1) is 16.9. The number of amides is 2. The summed E-state index contributed by atoms with van der Waals surface area (Å²) >= 11 is 4.74. The summed E-state index contributed by atoms with van der Waals surface area (Å²) < 4.78 is 5.56. The second-order valence-electron chi connectivity index (χ2n) is 5.42. The van der Waals surface area contributed by atoms with E-state index in [2.05, 4.69) is 31.0 Å². The van der Waals surface area contributed by atoms with Gasteiger partial charge in [-0.05, 0) is 31.0 Å². The number of hydrogen-bond acceptors (Lipinski definition) is 5. The van der Waals surface area contributed by atoms with Gasteiger partial charge in [-0.3, -0.25) is 0 Å². The molecule has 1 N–H and O–H groups in total. The highest BCUT2D eigenvalue weighted by molar-refractivity contribution is 9.10. The Kier molecular flexibility index (Phi) is 5.15. The van der Waals surface area contributed by atoms with Crippen molar-refractivity contribution < 1.29 is 14.3 Å². The minimum atomic E-state index is -0.464. The first-order valence-corrected chi connectivity index (χ1v) is 9.10. The molecule has 0 unspecified atom stereocenters. The highest BCUT2D eigenvalue weighted by Gasteiger charge is 2.33. The molecular formula is C16H16BrN3O3S. The number of anilines is 1. The van der Waals surface area contributed by atoms with E-state index in [4.69, 9.17) is 0 Å². The van der Waals surface area contributed by atoms with Crippen molar-refractivity contribution in [1.29, 1.82) is 0 Å². The molecule has 6 nitrogen and oxygen atoms in total. The van der Waals surface area contributed by atoms with Crippen molar-refractivity contribution in [2.24, 2.45) is 0 Å². The van der Waals surface area contributed by atoms with Gasteiger partial charge in [0.05, 0.1) is 13.7 Å². The average molecular weight is 410 g/mol. The van der Waals surface area contributed by atoms with Crippen LogP contribution in [0.25, 0.3) is 0 Å². The van der Waals surface area contributed by atoms with Gasteiger partial charge >= 0.3 is 12.0 Å². The lowest BCUT2D eigenvalue weighted by Crippen LogP contribution is -2.36. The van der Waals surface area contributed by atoms with Gasteiger partial charge in [0, 0.05) is 21.6 Å². The van der Waals surface area contributed by atoms with Gasteiger partial charge in [0.25, 0.3) is 0 Å². The van der Waals surface area contributed by atoms with Crippen LogP contribution in [0.1, 0.15) is 28.3 Å². The number of carbonyl (C=O) groups excluding carboxylic acids is 2. The highest BCUT2D eigenvalue weighted by atomic mass is 79.9. The molecule has 0 spiro atoms. The fraction of sp³-hybridized carbons (Fsp3) is 0.312. The molecule has 24 heavy (non-hydrogen) atoms. The fourth-order valence-electron chi connectivity index (χ4n) is 2.24. The van der Waals surface area contributed by atoms with E-state index in [1.165, 1.54) is 18.4 Å². The standard InChI is InChI=1S/C16H16BrN3O3S/c1-23-15(21)13-9-24-14(19-13)8-20(12-5-6-12)16(22)18-11-4-2-3-10(17)7-11/h2-4,7,9,12H,5-6,8H2,1H3,(H,18,22). The van der Waals surface area contributed by atoms with Crippen molar-refractivity contribution in [3.63, 3.8) is 0 Å². The van der Waals surface area contributed by atoms with E-state index >= 15 is 0 Å². The number of benzene rings is 1. The van der Waals surface area contributed by atoms with Gasteiger partial charge in [-0.1, -0.05) is 22.0 Å². The topological polar surface area (TPSA) is 71.5 Å². The number of nitrogens with one attached hydrogen (secondary N) is 1. The van der Waals surface area contributed by atoms with E-state index in [1.807, 2.05) is 24.3 Å². The molecule has 3 rings (SSSR count). The number of urea groups is 1. The summed E-state index contributed by atoms with van der Waals surface area (Å²) in [5.74, 6) is -0.464. The van der Waals surface area contributed by atoms with E-state index in [1.54, 1.807) is 10.3 Å². The second kappa shape index (κ2) is 7.31. The van der Waals surface area contributed by atoms with Crippen molar-refractivity contribution in [3.05, 3.63) is 44.8 Å². The first-order chi connectivity index (χ1) is 11.6. The Hall–Kier alpha value is -1.93. The molecule has 0 atom stereocenters. The number of hydrogen-bond donors (Lipinski definition) is 1. The molecule has 2 amide bonds. The SMILES string of the molecule is COC(=O)c1csc(CN(C(=O)Nc2cccc(Br)c2)C2CC2)n1. The zero-order chi connectivity index (χ0) is 17.1. The molecule has 1 aliphatic rings. The molecule has 0 radical (unpaired) electrons. The van der Waals surface area contributed by atoms with Crippen LogP contribution in [0, 0.1) is 0 Å².